The third kappa shape index (κ3) is 2.20. The minimum atomic E-state index is 0.682. The molecule has 1 aliphatic carbocycles. The van der Waals surface area contributed by atoms with E-state index in [4.69, 9.17) is 16.0 Å². The van der Waals surface area contributed by atoms with Crippen molar-refractivity contribution in [3.05, 3.63) is 29.1 Å². The maximum atomic E-state index is 5.88. The highest BCUT2D eigenvalue weighted by molar-refractivity contribution is 6.31. The largest absolute Gasteiger partial charge is 0.439 e. The van der Waals surface area contributed by atoms with Crippen LogP contribution in [0.1, 0.15) is 18.7 Å². The second-order valence-corrected chi connectivity index (χ2v) is 4.73. The Balaban J connectivity index is 1.71. The molecule has 0 radical (unpaired) electrons. The zero-order valence-corrected chi connectivity index (χ0v) is 9.63. The molecule has 1 aromatic heterocycles. The van der Waals surface area contributed by atoms with E-state index in [-0.39, 0.29) is 0 Å². The second kappa shape index (κ2) is 4.07. The number of oxazole rings is 1. The summed E-state index contributed by atoms with van der Waals surface area (Å²) in [6.45, 7) is 1.77. The van der Waals surface area contributed by atoms with E-state index >= 15 is 0 Å². The Morgan fingerprint density at radius 1 is 1.44 bits per heavy atom. The summed E-state index contributed by atoms with van der Waals surface area (Å²) in [5.74, 6) is 1.61. The van der Waals surface area contributed by atoms with Gasteiger partial charge in [-0.05, 0) is 37.4 Å². The summed E-state index contributed by atoms with van der Waals surface area (Å²) in [6, 6.07) is 5.51. The third-order valence-electron chi connectivity index (χ3n) is 2.80. The fourth-order valence-corrected chi connectivity index (χ4v) is 1.89. The standard InChI is InChI=1S/C12H13ClN2O/c13-9-3-4-10-11(5-9)16-12(15-10)7-14-6-8-1-2-8/h3-5,8,14H,1-2,6-7H2. The number of aromatic nitrogens is 1. The lowest BCUT2D eigenvalue weighted by Gasteiger charge is -1.97. The number of nitrogens with one attached hydrogen (secondary N) is 1. The molecule has 1 saturated carbocycles. The van der Waals surface area contributed by atoms with E-state index in [0.717, 1.165) is 29.5 Å². The van der Waals surface area contributed by atoms with Crippen LogP contribution >= 0.6 is 11.6 Å². The average Bonchev–Trinajstić information content (AvgIpc) is 2.98. The summed E-state index contributed by atoms with van der Waals surface area (Å²) in [4.78, 5) is 4.38. The maximum absolute atomic E-state index is 5.88. The first-order valence-corrected chi connectivity index (χ1v) is 5.95. The lowest BCUT2D eigenvalue weighted by molar-refractivity contribution is 0.490. The fourth-order valence-electron chi connectivity index (χ4n) is 1.73. The molecule has 2 aromatic rings. The molecule has 84 valence electrons. The van der Waals surface area contributed by atoms with Gasteiger partial charge in [-0.15, -0.1) is 0 Å². The molecule has 3 nitrogen and oxygen atoms in total. The van der Waals surface area contributed by atoms with E-state index in [0.29, 0.717) is 11.6 Å². The monoisotopic (exact) mass is 236 g/mol. The van der Waals surface area contributed by atoms with Crippen LogP contribution in [0.15, 0.2) is 22.6 Å². The van der Waals surface area contributed by atoms with Crippen LogP contribution in [0.5, 0.6) is 0 Å². The zero-order valence-electron chi connectivity index (χ0n) is 8.87. The molecule has 3 rings (SSSR count). The maximum Gasteiger partial charge on any atom is 0.209 e. The minimum absolute atomic E-state index is 0.682. The van der Waals surface area contributed by atoms with Crippen LogP contribution < -0.4 is 5.32 Å². The van der Waals surface area contributed by atoms with Crippen molar-refractivity contribution in [3.63, 3.8) is 0 Å². The van der Waals surface area contributed by atoms with Crippen LogP contribution in [-0.2, 0) is 6.54 Å². The normalized spacial score (nSPS) is 15.8. The molecule has 0 unspecified atom stereocenters. The number of hydrogen-bond acceptors (Lipinski definition) is 3. The van der Waals surface area contributed by atoms with Gasteiger partial charge in [0.25, 0.3) is 0 Å². The zero-order chi connectivity index (χ0) is 11.0. The van der Waals surface area contributed by atoms with Crippen LogP contribution in [0.3, 0.4) is 0 Å². The highest BCUT2D eigenvalue weighted by atomic mass is 35.5. The number of fused-ring (bicyclic) bond motifs is 1. The van der Waals surface area contributed by atoms with Crippen LogP contribution in [0.2, 0.25) is 5.02 Å². The molecule has 16 heavy (non-hydrogen) atoms. The molecule has 0 bridgehead atoms. The molecule has 1 aliphatic rings. The van der Waals surface area contributed by atoms with Crippen molar-refractivity contribution in [2.24, 2.45) is 5.92 Å². The summed E-state index contributed by atoms with van der Waals surface area (Å²) in [6.07, 6.45) is 2.71. The molecule has 1 N–H and O–H groups in total. The van der Waals surface area contributed by atoms with Gasteiger partial charge in [0.15, 0.2) is 5.58 Å². The van der Waals surface area contributed by atoms with Crippen molar-refractivity contribution in [1.29, 1.82) is 0 Å². The van der Waals surface area contributed by atoms with Crippen molar-refractivity contribution in [1.82, 2.24) is 10.3 Å². The molecule has 4 heteroatoms. The molecule has 0 atom stereocenters. The highest BCUT2D eigenvalue weighted by Crippen LogP contribution is 2.27. The lowest BCUT2D eigenvalue weighted by Crippen LogP contribution is -2.16. The predicted molar refractivity (Wildman–Crippen MR) is 63.4 cm³/mol. The molecule has 1 aromatic carbocycles. The fraction of sp³-hybridized carbons (Fsp3) is 0.417. The quantitative estimate of drug-likeness (QED) is 0.887. The number of benzene rings is 1. The van der Waals surface area contributed by atoms with Gasteiger partial charge in [-0.25, -0.2) is 4.98 Å². The summed E-state index contributed by atoms with van der Waals surface area (Å²) < 4.78 is 5.59. The van der Waals surface area contributed by atoms with Gasteiger partial charge in [0.05, 0.1) is 6.54 Å². The summed E-state index contributed by atoms with van der Waals surface area (Å²) in [5.41, 5.74) is 1.63. The minimum Gasteiger partial charge on any atom is -0.439 e. The van der Waals surface area contributed by atoms with Gasteiger partial charge in [-0.1, -0.05) is 11.6 Å². The molecule has 0 aliphatic heterocycles. The Hall–Kier alpha value is -1.06. The van der Waals surface area contributed by atoms with Gasteiger partial charge in [-0.2, -0.15) is 0 Å². The number of halogens is 1. The van der Waals surface area contributed by atoms with Crippen molar-refractivity contribution in [2.45, 2.75) is 19.4 Å². The molecule has 1 heterocycles. The van der Waals surface area contributed by atoms with E-state index in [2.05, 4.69) is 10.3 Å². The molecule has 0 spiro atoms. The van der Waals surface area contributed by atoms with E-state index in [1.54, 1.807) is 6.07 Å². The van der Waals surface area contributed by atoms with E-state index < -0.39 is 0 Å². The smallest absolute Gasteiger partial charge is 0.209 e. The molecular weight excluding hydrogens is 224 g/mol. The van der Waals surface area contributed by atoms with Gasteiger partial charge < -0.3 is 9.73 Å². The van der Waals surface area contributed by atoms with Gasteiger partial charge >= 0.3 is 0 Å². The Morgan fingerprint density at radius 3 is 3.12 bits per heavy atom. The van der Waals surface area contributed by atoms with Crippen molar-refractivity contribution < 1.29 is 4.42 Å². The summed E-state index contributed by atoms with van der Waals surface area (Å²) >= 11 is 5.88. The van der Waals surface area contributed by atoms with Gasteiger partial charge in [0, 0.05) is 11.1 Å². The van der Waals surface area contributed by atoms with E-state index in [1.165, 1.54) is 12.8 Å². The molecule has 0 amide bonds. The second-order valence-electron chi connectivity index (χ2n) is 4.29. The SMILES string of the molecule is Clc1ccc2nc(CNCC3CC3)oc2c1. The van der Waals surface area contributed by atoms with Crippen LogP contribution in [-0.4, -0.2) is 11.5 Å². The first kappa shape index (κ1) is 10.1. The Bertz CT molecular complexity index is 505. The van der Waals surface area contributed by atoms with Gasteiger partial charge in [0.1, 0.15) is 5.52 Å². The number of rotatable bonds is 4. The van der Waals surface area contributed by atoms with E-state index in [1.807, 2.05) is 12.1 Å². The van der Waals surface area contributed by atoms with E-state index in [9.17, 15) is 0 Å². The predicted octanol–water partition coefficient (Wildman–Crippen LogP) is 2.98. The lowest BCUT2D eigenvalue weighted by atomic mass is 10.3. The first-order valence-electron chi connectivity index (χ1n) is 5.57. The Labute approximate surface area is 98.8 Å². The van der Waals surface area contributed by atoms with Gasteiger partial charge in [0.2, 0.25) is 5.89 Å². The van der Waals surface area contributed by atoms with Gasteiger partial charge in [-0.3, -0.25) is 0 Å². The molecular formula is C12H13ClN2O. The average molecular weight is 237 g/mol. The van der Waals surface area contributed by atoms with Crippen molar-refractivity contribution in [2.75, 3.05) is 6.54 Å². The number of nitrogens with zero attached hydrogens (tertiary/aromatic N) is 1. The first-order chi connectivity index (χ1) is 7.81. The van der Waals surface area contributed by atoms with Crippen molar-refractivity contribution in [3.8, 4) is 0 Å². The van der Waals surface area contributed by atoms with Crippen LogP contribution in [0.4, 0.5) is 0 Å². The summed E-state index contributed by atoms with van der Waals surface area (Å²) in [7, 11) is 0. The Kier molecular flexibility index (Phi) is 2.58. The molecule has 0 saturated heterocycles. The van der Waals surface area contributed by atoms with Crippen LogP contribution in [0.25, 0.3) is 11.1 Å². The van der Waals surface area contributed by atoms with Crippen LogP contribution in [0, 0.1) is 5.92 Å². The highest BCUT2D eigenvalue weighted by Gasteiger charge is 2.20. The number of hydrogen-bond donors (Lipinski definition) is 1. The Morgan fingerprint density at radius 2 is 2.31 bits per heavy atom. The third-order valence-corrected chi connectivity index (χ3v) is 3.04. The molecule has 1 fully saturated rings. The van der Waals surface area contributed by atoms with Crippen molar-refractivity contribution >= 4 is 22.7 Å². The topological polar surface area (TPSA) is 38.1 Å². The summed E-state index contributed by atoms with van der Waals surface area (Å²) in [5, 5.41) is 4.03.